The maximum Gasteiger partial charge on any atom is 0.224 e. The van der Waals surface area contributed by atoms with E-state index in [1.165, 1.54) is 63.6 Å². The minimum atomic E-state index is 0.182. The van der Waals surface area contributed by atoms with Crippen molar-refractivity contribution in [1.29, 1.82) is 0 Å². The highest BCUT2D eigenvalue weighted by molar-refractivity contribution is 5.90. The predicted molar refractivity (Wildman–Crippen MR) is 101 cm³/mol. The Labute approximate surface area is 151 Å². The molecule has 136 valence electrons. The molecule has 3 aliphatic heterocycles. The lowest BCUT2D eigenvalue weighted by molar-refractivity contribution is -0.117. The zero-order valence-electron chi connectivity index (χ0n) is 15.2. The first-order valence-electron chi connectivity index (χ1n) is 10.1. The summed E-state index contributed by atoms with van der Waals surface area (Å²) in [5, 5.41) is 6.79. The molecule has 2 bridgehead atoms. The van der Waals surface area contributed by atoms with Gasteiger partial charge in [0.15, 0.2) is 0 Å². The molecule has 2 unspecified atom stereocenters. The molecule has 1 amide bonds. The Balaban J connectivity index is 1.29. The van der Waals surface area contributed by atoms with E-state index >= 15 is 0 Å². The third-order valence-corrected chi connectivity index (χ3v) is 6.11. The second-order valence-corrected chi connectivity index (χ2v) is 8.26. The third kappa shape index (κ3) is 4.62. The number of hydrogen-bond donors (Lipinski definition) is 2. The summed E-state index contributed by atoms with van der Waals surface area (Å²) < 4.78 is 0. The second kappa shape index (κ2) is 7.88. The number of nitrogens with zero attached hydrogens (tertiary/aromatic N) is 1. The molecule has 4 rings (SSSR count). The van der Waals surface area contributed by atoms with Gasteiger partial charge in [0.1, 0.15) is 0 Å². The number of piperidine rings is 2. The van der Waals surface area contributed by atoms with Gasteiger partial charge < -0.3 is 10.6 Å². The predicted octanol–water partition coefficient (Wildman–Crippen LogP) is 3.53. The maximum atomic E-state index is 12.5. The monoisotopic (exact) mass is 341 g/mol. The van der Waals surface area contributed by atoms with Crippen molar-refractivity contribution in [2.45, 2.75) is 70.0 Å². The smallest absolute Gasteiger partial charge is 0.224 e. The summed E-state index contributed by atoms with van der Waals surface area (Å²) in [7, 11) is 0. The molecule has 1 aromatic rings. The number of carbonyl (C=O) groups excluding carboxylic acids is 1. The number of hydrogen-bond acceptors (Lipinski definition) is 3. The Morgan fingerprint density at radius 3 is 2.64 bits per heavy atom. The number of amides is 1. The molecule has 3 aliphatic rings. The number of nitrogens with one attached hydrogen (secondary N) is 2. The largest absolute Gasteiger partial charge is 0.326 e. The van der Waals surface area contributed by atoms with Crippen molar-refractivity contribution in [2.75, 3.05) is 18.4 Å². The lowest BCUT2D eigenvalue weighted by Gasteiger charge is -2.28. The molecule has 0 radical (unpaired) electrons. The van der Waals surface area contributed by atoms with Gasteiger partial charge in [0.05, 0.1) is 0 Å². The second-order valence-electron chi connectivity index (χ2n) is 8.26. The highest BCUT2D eigenvalue weighted by Gasteiger charge is 2.34. The molecule has 0 saturated carbocycles. The first kappa shape index (κ1) is 17.0. The topological polar surface area (TPSA) is 44.4 Å². The van der Waals surface area contributed by atoms with Crippen molar-refractivity contribution in [3.63, 3.8) is 0 Å². The van der Waals surface area contributed by atoms with Crippen LogP contribution in [0.1, 0.15) is 56.9 Å². The molecule has 2 atom stereocenters. The van der Waals surface area contributed by atoms with E-state index in [1.54, 1.807) is 0 Å². The van der Waals surface area contributed by atoms with E-state index in [0.717, 1.165) is 12.2 Å². The van der Waals surface area contributed by atoms with Crippen LogP contribution in [0.5, 0.6) is 0 Å². The molecule has 1 aromatic carbocycles. The van der Waals surface area contributed by atoms with Crippen molar-refractivity contribution < 1.29 is 4.79 Å². The number of rotatable bonds is 5. The number of benzene rings is 1. The highest BCUT2D eigenvalue weighted by atomic mass is 16.1. The fraction of sp³-hybridized carbons (Fsp3) is 0.667. The number of likely N-dealkylation sites (tertiary alicyclic amines) is 1. The van der Waals surface area contributed by atoms with Gasteiger partial charge in [-0.25, -0.2) is 0 Å². The van der Waals surface area contributed by atoms with Crippen molar-refractivity contribution in [2.24, 2.45) is 5.92 Å². The highest BCUT2D eigenvalue weighted by Crippen LogP contribution is 2.32. The minimum absolute atomic E-state index is 0.182. The zero-order chi connectivity index (χ0) is 17.1. The van der Waals surface area contributed by atoms with Crippen LogP contribution in [0, 0.1) is 5.92 Å². The lowest BCUT2D eigenvalue weighted by atomic mass is 9.89. The fourth-order valence-electron chi connectivity index (χ4n) is 4.94. The van der Waals surface area contributed by atoms with Crippen LogP contribution in [-0.4, -0.2) is 36.0 Å². The molecule has 3 heterocycles. The summed E-state index contributed by atoms with van der Waals surface area (Å²) in [4.78, 5) is 15.0. The van der Waals surface area contributed by atoms with E-state index in [1.807, 2.05) is 6.07 Å². The molecule has 0 aromatic heterocycles. The van der Waals surface area contributed by atoms with E-state index in [9.17, 15) is 4.79 Å². The molecular formula is C21H31N3O. The molecule has 25 heavy (non-hydrogen) atoms. The molecule has 0 spiro atoms. The lowest BCUT2D eigenvalue weighted by Crippen LogP contribution is -2.39. The quantitative estimate of drug-likeness (QED) is 0.861. The fourth-order valence-corrected chi connectivity index (χ4v) is 4.94. The molecule has 2 N–H and O–H groups in total. The normalized spacial score (nSPS) is 29.5. The van der Waals surface area contributed by atoms with Crippen LogP contribution >= 0.6 is 0 Å². The molecule has 4 nitrogen and oxygen atoms in total. The van der Waals surface area contributed by atoms with Crippen molar-refractivity contribution in [3.05, 3.63) is 29.8 Å². The van der Waals surface area contributed by atoms with Gasteiger partial charge in [-0.3, -0.25) is 9.69 Å². The molecule has 4 heteroatoms. The van der Waals surface area contributed by atoms with Gasteiger partial charge in [0.25, 0.3) is 0 Å². The standard InChI is InChI=1S/C21H31N3O/c25-21(14-17-12-19-7-8-20(13-17)22-19)23-18-6-4-5-16(11-18)15-24-9-2-1-3-10-24/h4-6,11,17,19-20,22H,1-3,7-10,12-15H2,(H,23,25). The Bertz CT molecular complexity index is 585. The van der Waals surface area contributed by atoms with Crippen molar-refractivity contribution in [1.82, 2.24) is 10.2 Å². The SMILES string of the molecule is O=C(CC1CC2CCC(C1)N2)Nc1cccc(CN2CCCCC2)c1. The van der Waals surface area contributed by atoms with Gasteiger partial charge in [-0.1, -0.05) is 18.6 Å². The van der Waals surface area contributed by atoms with E-state index < -0.39 is 0 Å². The summed E-state index contributed by atoms with van der Waals surface area (Å²) in [6.07, 6.45) is 9.58. The van der Waals surface area contributed by atoms with E-state index in [-0.39, 0.29) is 5.91 Å². The summed E-state index contributed by atoms with van der Waals surface area (Å²) in [5.41, 5.74) is 2.26. The first-order valence-corrected chi connectivity index (χ1v) is 10.1. The van der Waals surface area contributed by atoms with Crippen LogP contribution in [0.3, 0.4) is 0 Å². The van der Waals surface area contributed by atoms with Gasteiger partial charge in [-0.2, -0.15) is 0 Å². The van der Waals surface area contributed by atoms with Gasteiger partial charge in [-0.05, 0) is 75.2 Å². The first-order chi connectivity index (χ1) is 12.2. The van der Waals surface area contributed by atoms with Gasteiger partial charge in [0, 0.05) is 30.7 Å². The Hall–Kier alpha value is -1.39. The minimum Gasteiger partial charge on any atom is -0.326 e. The Morgan fingerprint density at radius 2 is 1.88 bits per heavy atom. The maximum absolute atomic E-state index is 12.5. The van der Waals surface area contributed by atoms with Gasteiger partial charge >= 0.3 is 0 Å². The molecule has 0 aliphatic carbocycles. The van der Waals surface area contributed by atoms with E-state index in [2.05, 4.69) is 33.7 Å². The van der Waals surface area contributed by atoms with Gasteiger partial charge in [-0.15, -0.1) is 0 Å². The summed E-state index contributed by atoms with van der Waals surface area (Å²) in [6.45, 7) is 3.41. The zero-order valence-corrected chi connectivity index (χ0v) is 15.2. The molecule has 3 saturated heterocycles. The number of carbonyl (C=O) groups is 1. The van der Waals surface area contributed by atoms with Crippen LogP contribution in [0.4, 0.5) is 5.69 Å². The Kier molecular flexibility index (Phi) is 5.37. The summed E-state index contributed by atoms with van der Waals surface area (Å²) in [6, 6.07) is 9.73. The van der Waals surface area contributed by atoms with Crippen LogP contribution in [0.25, 0.3) is 0 Å². The Morgan fingerprint density at radius 1 is 1.12 bits per heavy atom. The van der Waals surface area contributed by atoms with Crippen LogP contribution in [0.15, 0.2) is 24.3 Å². The average Bonchev–Trinajstić information content (AvgIpc) is 2.94. The molecular weight excluding hydrogens is 310 g/mol. The van der Waals surface area contributed by atoms with Crippen molar-refractivity contribution in [3.8, 4) is 0 Å². The summed E-state index contributed by atoms with van der Waals surface area (Å²) in [5.74, 6) is 0.733. The van der Waals surface area contributed by atoms with E-state index in [4.69, 9.17) is 0 Å². The third-order valence-electron chi connectivity index (χ3n) is 6.11. The van der Waals surface area contributed by atoms with Gasteiger partial charge in [0.2, 0.25) is 5.91 Å². The van der Waals surface area contributed by atoms with E-state index in [0.29, 0.717) is 24.4 Å². The average molecular weight is 341 g/mol. The van der Waals surface area contributed by atoms with Crippen LogP contribution < -0.4 is 10.6 Å². The number of anilines is 1. The summed E-state index contributed by atoms with van der Waals surface area (Å²) >= 11 is 0. The number of fused-ring (bicyclic) bond motifs is 2. The van der Waals surface area contributed by atoms with Crippen LogP contribution in [0.2, 0.25) is 0 Å². The van der Waals surface area contributed by atoms with Crippen molar-refractivity contribution >= 4 is 11.6 Å². The van der Waals surface area contributed by atoms with Crippen LogP contribution in [-0.2, 0) is 11.3 Å². The molecule has 3 fully saturated rings.